The van der Waals surface area contributed by atoms with E-state index in [4.69, 9.17) is 16.3 Å². The van der Waals surface area contributed by atoms with Crippen molar-refractivity contribution in [2.75, 3.05) is 5.88 Å². The van der Waals surface area contributed by atoms with Crippen LogP contribution in [0.25, 0.3) is 0 Å². The number of alkyl halides is 1. The van der Waals surface area contributed by atoms with Crippen molar-refractivity contribution in [2.45, 2.75) is 68.1 Å². The zero-order chi connectivity index (χ0) is 16.2. The fourth-order valence-electron chi connectivity index (χ4n) is 2.86. The molecule has 0 unspecified atom stereocenters. The van der Waals surface area contributed by atoms with Gasteiger partial charge in [-0.2, -0.15) is 0 Å². The molecule has 1 fully saturated rings. The van der Waals surface area contributed by atoms with Gasteiger partial charge >= 0.3 is 0 Å². The summed E-state index contributed by atoms with van der Waals surface area (Å²) >= 11 is 5.76. The van der Waals surface area contributed by atoms with Crippen LogP contribution in [0.15, 0.2) is 29.2 Å². The largest absolute Gasteiger partial charge is 0.488 e. The monoisotopic (exact) mass is 344 g/mol. The molecule has 124 valence electrons. The summed E-state index contributed by atoms with van der Waals surface area (Å²) < 4.78 is 31.1. The SMILES string of the molecule is CC(C)(CCCl)Oc1ccc(S(=O)(=O)C2CCCCC2)cc1. The van der Waals surface area contributed by atoms with Crippen molar-refractivity contribution in [1.29, 1.82) is 0 Å². The normalized spacial score (nSPS) is 17.4. The minimum absolute atomic E-state index is 0.222. The maximum absolute atomic E-state index is 12.6. The van der Waals surface area contributed by atoms with Gasteiger partial charge in [-0.25, -0.2) is 8.42 Å². The Morgan fingerprint density at radius 2 is 1.73 bits per heavy atom. The predicted octanol–water partition coefficient (Wildman–Crippen LogP) is 4.58. The molecule has 1 aromatic rings. The number of rotatable bonds is 6. The van der Waals surface area contributed by atoms with Crippen LogP contribution in [0.3, 0.4) is 0 Å². The van der Waals surface area contributed by atoms with E-state index in [0.717, 1.165) is 38.5 Å². The number of benzene rings is 1. The Bertz CT molecular complexity index is 572. The van der Waals surface area contributed by atoms with Gasteiger partial charge in [-0.05, 0) is 51.0 Å². The second-order valence-corrected chi connectivity index (χ2v) is 9.18. The summed E-state index contributed by atoms with van der Waals surface area (Å²) in [5.74, 6) is 1.21. The van der Waals surface area contributed by atoms with Gasteiger partial charge in [0.25, 0.3) is 0 Å². The molecule has 0 saturated heterocycles. The van der Waals surface area contributed by atoms with Crippen LogP contribution in [0.1, 0.15) is 52.4 Å². The first-order valence-electron chi connectivity index (χ1n) is 7.94. The minimum Gasteiger partial charge on any atom is -0.488 e. The molecule has 0 spiro atoms. The first-order valence-corrected chi connectivity index (χ1v) is 10.0. The number of hydrogen-bond donors (Lipinski definition) is 0. The topological polar surface area (TPSA) is 43.4 Å². The smallest absolute Gasteiger partial charge is 0.181 e. The second-order valence-electron chi connectivity index (χ2n) is 6.58. The summed E-state index contributed by atoms with van der Waals surface area (Å²) in [6.07, 6.45) is 5.47. The molecule has 0 N–H and O–H groups in total. The Morgan fingerprint density at radius 3 is 2.27 bits per heavy atom. The lowest BCUT2D eigenvalue weighted by Gasteiger charge is -2.26. The van der Waals surface area contributed by atoms with Crippen molar-refractivity contribution < 1.29 is 13.2 Å². The van der Waals surface area contributed by atoms with Crippen molar-refractivity contribution in [2.24, 2.45) is 0 Å². The van der Waals surface area contributed by atoms with Crippen molar-refractivity contribution >= 4 is 21.4 Å². The second kappa shape index (κ2) is 7.22. The molecule has 3 nitrogen and oxygen atoms in total. The van der Waals surface area contributed by atoms with Crippen LogP contribution in [0.4, 0.5) is 0 Å². The molecule has 0 aromatic heterocycles. The summed E-state index contributed by atoms with van der Waals surface area (Å²) in [7, 11) is -3.21. The van der Waals surface area contributed by atoms with Crippen LogP contribution in [0, 0.1) is 0 Å². The highest BCUT2D eigenvalue weighted by Gasteiger charge is 2.29. The fraction of sp³-hybridized carbons (Fsp3) is 0.647. The van der Waals surface area contributed by atoms with Gasteiger partial charge in [0.15, 0.2) is 9.84 Å². The zero-order valence-electron chi connectivity index (χ0n) is 13.3. The van der Waals surface area contributed by atoms with Crippen LogP contribution in [-0.2, 0) is 9.84 Å². The first kappa shape index (κ1) is 17.6. The number of sulfone groups is 1. The van der Waals surface area contributed by atoms with Gasteiger partial charge in [-0.3, -0.25) is 0 Å². The molecule has 0 bridgehead atoms. The molecule has 1 aromatic carbocycles. The maximum Gasteiger partial charge on any atom is 0.181 e. The molecule has 22 heavy (non-hydrogen) atoms. The van der Waals surface area contributed by atoms with Crippen LogP contribution < -0.4 is 4.74 Å². The maximum atomic E-state index is 12.6. The van der Waals surface area contributed by atoms with Gasteiger partial charge in [-0.15, -0.1) is 11.6 Å². The quantitative estimate of drug-likeness (QED) is 0.709. The van der Waals surface area contributed by atoms with E-state index < -0.39 is 9.84 Å². The summed E-state index contributed by atoms with van der Waals surface area (Å²) in [5.41, 5.74) is -0.356. The predicted molar refractivity (Wildman–Crippen MR) is 90.5 cm³/mol. The van der Waals surface area contributed by atoms with Crippen molar-refractivity contribution in [1.82, 2.24) is 0 Å². The lowest BCUT2D eigenvalue weighted by molar-refractivity contribution is 0.106. The molecular formula is C17H25ClO3S. The van der Waals surface area contributed by atoms with E-state index in [1.54, 1.807) is 24.3 Å². The van der Waals surface area contributed by atoms with Gasteiger partial charge in [0.2, 0.25) is 0 Å². The van der Waals surface area contributed by atoms with Gasteiger partial charge in [-0.1, -0.05) is 19.3 Å². The van der Waals surface area contributed by atoms with Gasteiger partial charge in [0, 0.05) is 12.3 Å². The van der Waals surface area contributed by atoms with Crippen LogP contribution in [0.2, 0.25) is 0 Å². The summed E-state index contributed by atoms with van der Waals surface area (Å²) in [6.45, 7) is 3.95. The molecule has 5 heteroatoms. The summed E-state index contributed by atoms with van der Waals surface area (Å²) in [5, 5.41) is -0.222. The molecule has 0 aliphatic heterocycles. The van der Waals surface area contributed by atoms with E-state index in [1.165, 1.54) is 0 Å². The number of halogens is 1. The van der Waals surface area contributed by atoms with Gasteiger partial charge in [0.05, 0.1) is 10.1 Å². The first-order chi connectivity index (χ1) is 10.3. The van der Waals surface area contributed by atoms with E-state index >= 15 is 0 Å². The molecule has 0 amide bonds. The standard InChI is InChI=1S/C17H25ClO3S/c1-17(2,12-13-18)21-14-8-10-16(11-9-14)22(19,20)15-6-4-3-5-7-15/h8-11,15H,3-7,12-13H2,1-2H3. The van der Waals surface area contributed by atoms with E-state index in [1.807, 2.05) is 13.8 Å². The van der Waals surface area contributed by atoms with Crippen LogP contribution in [0.5, 0.6) is 5.75 Å². The molecule has 1 aliphatic rings. The third-order valence-electron chi connectivity index (χ3n) is 4.23. The van der Waals surface area contributed by atoms with Crippen molar-refractivity contribution in [3.05, 3.63) is 24.3 Å². The lowest BCUT2D eigenvalue weighted by Crippen LogP contribution is -2.28. The highest BCUT2D eigenvalue weighted by molar-refractivity contribution is 7.92. The Morgan fingerprint density at radius 1 is 1.14 bits per heavy atom. The highest BCUT2D eigenvalue weighted by atomic mass is 35.5. The van der Waals surface area contributed by atoms with Crippen LogP contribution in [-0.4, -0.2) is 25.1 Å². The zero-order valence-corrected chi connectivity index (χ0v) is 14.9. The Labute approximate surface area is 138 Å². The number of hydrogen-bond acceptors (Lipinski definition) is 3. The lowest BCUT2D eigenvalue weighted by atomic mass is 10.0. The van der Waals surface area contributed by atoms with Crippen LogP contribution >= 0.6 is 11.6 Å². The van der Waals surface area contributed by atoms with Gasteiger partial charge in [0.1, 0.15) is 11.4 Å². The Balaban J connectivity index is 2.11. The van der Waals surface area contributed by atoms with E-state index in [0.29, 0.717) is 16.5 Å². The Hall–Kier alpha value is -0.740. The third kappa shape index (κ3) is 4.39. The minimum atomic E-state index is -3.21. The molecule has 2 rings (SSSR count). The average molecular weight is 345 g/mol. The highest BCUT2D eigenvalue weighted by Crippen LogP contribution is 2.30. The average Bonchev–Trinajstić information content (AvgIpc) is 2.48. The van der Waals surface area contributed by atoms with E-state index in [2.05, 4.69) is 0 Å². The van der Waals surface area contributed by atoms with E-state index in [9.17, 15) is 8.42 Å². The molecular weight excluding hydrogens is 320 g/mol. The van der Waals surface area contributed by atoms with Crippen molar-refractivity contribution in [3.63, 3.8) is 0 Å². The fourth-order valence-corrected chi connectivity index (χ4v) is 5.17. The third-order valence-corrected chi connectivity index (χ3v) is 6.70. The molecule has 0 heterocycles. The van der Waals surface area contributed by atoms with Gasteiger partial charge < -0.3 is 4.74 Å². The summed E-state index contributed by atoms with van der Waals surface area (Å²) in [4.78, 5) is 0.405. The molecule has 1 aliphatic carbocycles. The van der Waals surface area contributed by atoms with E-state index in [-0.39, 0.29) is 10.9 Å². The molecule has 0 atom stereocenters. The number of ether oxygens (including phenoxy) is 1. The molecule has 0 radical (unpaired) electrons. The molecule has 1 saturated carbocycles. The van der Waals surface area contributed by atoms with Crippen molar-refractivity contribution in [3.8, 4) is 5.75 Å². The Kier molecular flexibility index (Phi) is 5.78. The summed E-state index contributed by atoms with van der Waals surface area (Å²) in [6, 6.07) is 6.81.